The fraction of sp³-hybridized carbons (Fsp3) is 0.300. The van der Waals surface area contributed by atoms with Crippen molar-refractivity contribution in [3.05, 3.63) is 59.4 Å². The third-order valence-corrected chi connectivity index (χ3v) is 4.56. The summed E-state index contributed by atoms with van der Waals surface area (Å²) in [7, 11) is 0. The van der Waals surface area contributed by atoms with Gasteiger partial charge in [-0.25, -0.2) is 9.18 Å². The first-order valence-electron chi connectivity index (χ1n) is 8.79. The van der Waals surface area contributed by atoms with Crippen LogP contribution in [0.15, 0.2) is 42.5 Å². The van der Waals surface area contributed by atoms with E-state index in [0.717, 1.165) is 37.4 Å². The Morgan fingerprint density at radius 3 is 2.48 bits per heavy atom. The molecule has 0 unspecified atom stereocenters. The van der Waals surface area contributed by atoms with E-state index in [2.05, 4.69) is 15.1 Å². The molecule has 1 fully saturated rings. The normalized spacial score (nSPS) is 14.8. The molecule has 0 atom stereocenters. The number of carbonyl (C=O) groups is 2. The third kappa shape index (κ3) is 4.83. The number of carbonyl (C=O) groups excluding carboxylic acids is 1. The van der Waals surface area contributed by atoms with Crippen LogP contribution in [0, 0.1) is 5.82 Å². The zero-order valence-electron chi connectivity index (χ0n) is 15.1. The van der Waals surface area contributed by atoms with Crippen molar-refractivity contribution < 1.29 is 19.1 Å². The highest BCUT2D eigenvalue weighted by atomic mass is 19.1. The molecule has 0 spiro atoms. The molecule has 1 saturated heterocycles. The minimum Gasteiger partial charge on any atom is -0.478 e. The number of carboxylic acid groups (broad SMARTS) is 1. The first-order chi connectivity index (χ1) is 12.9. The molecule has 2 aromatic carbocycles. The number of anilines is 2. The maximum absolute atomic E-state index is 13.3. The zero-order valence-corrected chi connectivity index (χ0v) is 15.1. The molecule has 1 amide bonds. The number of hydrogen-bond acceptors (Lipinski definition) is 4. The Bertz CT molecular complexity index is 848. The summed E-state index contributed by atoms with van der Waals surface area (Å²) in [5, 5.41) is 11.9. The molecule has 0 bridgehead atoms. The molecule has 0 aromatic heterocycles. The summed E-state index contributed by atoms with van der Waals surface area (Å²) in [6.07, 6.45) is 0. The number of benzene rings is 2. The van der Waals surface area contributed by atoms with E-state index in [4.69, 9.17) is 0 Å². The van der Waals surface area contributed by atoms with E-state index < -0.39 is 5.97 Å². The van der Waals surface area contributed by atoms with E-state index in [9.17, 15) is 19.1 Å². The molecule has 2 N–H and O–H groups in total. The highest BCUT2D eigenvalue weighted by Crippen LogP contribution is 2.28. The van der Waals surface area contributed by atoms with Gasteiger partial charge in [-0.1, -0.05) is 12.1 Å². The number of halogens is 1. The average Bonchev–Trinajstić information content (AvgIpc) is 2.62. The van der Waals surface area contributed by atoms with Gasteiger partial charge in [0.2, 0.25) is 5.91 Å². The summed E-state index contributed by atoms with van der Waals surface area (Å²) < 4.78 is 13.3. The molecule has 0 aliphatic carbocycles. The van der Waals surface area contributed by atoms with Crippen LogP contribution in [0.4, 0.5) is 15.8 Å². The lowest BCUT2D eigenvalue weighted by Crippen LogP contribution is -2.46. The summed E-state index contributed by atoms with van der Waals surface area (Å²) in [5.74, 6) is -1.51. The Morgan fingerprint density at radius 1 is 1.11 bits per heavy atom. The van der Waals surface area contributed by atoms with Crippen molar-refractivity contribution in [1.82, 2.24) is 4.90 Å². The van der Waals surface area contributed by atoms with E-state index in [0.29, 0.717) is 12.2 Å². The van der Waals surface area contributed by atoms with Gasteiger partial charge in [0.1, 0.15) is 5.82 Å². The number of rotatable bonds is 5. The fourth-order valence-corrected chi connectivity index (χ4v) is 3.28. The molecule has 0 radical (unpaired) electrons. The van der Waals surface area contributed by atoms with E-state index in [1.54, 1.807) is 24.3 Å². The summed E-state index contributed by atoms with van der Waals surface area (Å²) in [5.41, 5.74) is 2.38. The lowest BCUT2D eigenvalue weighted by Gasteiger charge is -2.37. The number of piperazine rings is 1. The van der Waals surface area contributed by atoms with E-state index in [1.807, 2.05) is 6.07 Å². The zero-order chi connectivity index (χ0) is 19.4. The first-order valence-corrected chi connectivity index (χ1v) is 8.79. The van der Waals surface area contributed by atoms with Gasteiger partial charge in [-0.2, -0.15) is 0 Å². The van der Waals surface area contributed by atoms with Crippen LogP contribution in [0.2, 0.25) is 0 Å². The molecular weight excluding hydrogens is 349 g/mol. The molecule has 142 valence electrons. The van der Waals surface area contributed by atoms with Gasteiger partial charge >= 0.3 is 5.97 Å². The molecule has 6 nitrogen and oxygen atoms in total. The predicted octanol–water partition coefficient (Wildman–Crippen LogP) is 2.80. The molecule has 1 heterocycles. The van der Waals surface area contributed by atoms with Gasteiger partial charge in [-0.15, -0.1) is 0 Å². The molecule has 2 aromatic rings. The molecule has 3 rings (SSSR count). The van der Waals surface area contributed by atoms with Crippen LogP contribution in [0.25, 0.3) is 0 Å². The second-order valence-corrected chi connectivity index (χ2v) is 6.61. The second kappa shape index (κ2) is 8.18. The van der Waals surface area contributed by atoms with E-state index in [-0.39, 0.29) is 17.3 Å². The monoisotopic (exact) mass is 371 g/mol. The summed E-state index contributed by atoms with van der Waals surface area (Å²) in [4.78, 5) is 27.1. The average molecular weight is 371 g/mol. The Hall–Kier alpha value is -2.93. The number of hydrogen-bond donors (Lipinski definition) is 2. The van der Waals surface area contributed by atoms with Gasteiger partial charge in [-0.3, -0.25) is 9.69 Å². The topological polar surface area (TPSA) is 72.9 Å². The summed E-state index contributed by atoms with van der Waals surface area (Å²) in [6, 6.07) is 11.4. The van der Waals surface area contributed by atoms with Crippen LogP contribution in [0.3, 0.4) is 0 Å². The second-order valence-electron chi connectivity index (χ2n) is 6.61. The van der Waals surface area contributed by atoms with Crippen molar-refractivity contribution in [3.8, 4) is 0 Å². The maximum atomic E-state index is 13.3. The van der Waals surface area contributed by atoms with Crippen molar-refractivity contribution in [2.75, 3.05) is 36.4 Å². The molecule has 1 aliphatic rings. The minimum atomic E-state index is -1.03. The van der Waals surface area contributed by atoms with Crippen LogP contribution in [0.5, 0.6) is 0 Å². The fourth-order valence-electron chi connectivity index (χ4n) is 3.28. The van der Waals surface area contributed by atoms with Gasteiger partial charge < -0.3 is 15.3 Å². The number of nitrogens with one attached hydrogen (secondary N) is 1. The Kier molecular flexibility index (Phi) is 5.71. The Morgan fingerprint density at radius 2 is 1.85 bits per heavy atom. The highest BCUT2D eigenvalue weighted by Gasteiger charge is 2.21. The van der Waals surface area contributed by atoms with Crippen LogP contribution in [-0.2, 0) is 11.3 Å². The maximum Gasteiger partial charge on any atom is 0.335 e. The van der Waals surface area contributed by atoms with Crippen molar-refractivity contribution in [3.63, 3.8) is 0 Å². The SMILES string of the molecule is CC(=O)Nc1cc(C(=O)O)ccc1N1CCN(Cc2cccc(F)c2)CC1. The largest absolute Gasteiger partial charge is 0.478 e. The van der Waals surface area contributed by atoms with Gasteiger partial charge in [0.15, 0.2) is 0 Å². The smallest absolute Gasteiger partial charge is 0.335 e. The van der Waals surface area contributed by atoms with E-state index in [1.165, 1.54) is 19.1 Å². The van der Waals surface area contributed by atoms with Crippen LogP contribution in [-0.4, -0.2) is 48.1 Å². The minimum absolute atomic E-state index is 0.132. The Labute approximate surface area is 157 Å². The van der Waals surface area contributed by atoms with E-state index >= 15 is 0 Å². The standard InChI is InChI=1S/C20H22FN3O3/c1-14(25)22-18-12-16(20(26)27)5-6-19(18)24-9-7-23(8-10-24)13-15-3-2-4-17(21)11-15/h2-6,11-12H,7-10,13H2,1H3,(H,22,25)(H,26,27). The van der Waals surface area contributed by atoms with Crippen molar-refractivity contribution in [2.45, 2.75) is 13.5 Å². The first kappa shape index (κ1) is 18.8. The highest BCUT2D eigenvalue weighted by molar-refractivity contribution is 5.96. The van der Waals surface area contributed by atoms with Crippen LogP contribution in [0.1, 0.15) is 22.8 Å². The number of amides is 1. The molecule has 27 heavy (non-hydrogen) atoms. The summed E-state index contributed by atoms with van der Waals surface area (Å²) in [6.45, 7) is 5.12. The predicted molar refractivity (Wildman–Crippen MR) is 102 cm³/mol. The number of aromatic carboxylic acids is 1. The quantitative estimate of drug-likeness (QED) is 0.846. The van der Waals surface area contributed by atoms with Gasteiger partial charge in [-0.05, 0) is 35.9 Å². The number of nitrogens with zero attached hydrogens (tertiary/aromatic N) is 2. The lowest BCUT2D eigenvalue weighted by molar-refractivity contribution is -0.114. The molecule has 0 saturated carbocycles. The van der Waals surface area contributed by atoms with Gasteiger partial charge in [0.25, 0.3) is 0 Å². The number of carboxylic acids is 1. The van der Waals surface area contributed by atoms with Crippen molar-refractivity contribution >= 4 is 23.3 Å². The van der Waals surface area contributed by atoms with Crippen molar-refractivity contribution in [2.24, 2.45) is 0 Å². The van der Waals surface area contributed by atoms with Crippen molar-refractivity contribution in [1.29, 1.82) is 0 Å². The molecule has 1 aliphatic heterocycles. The Balaban J connectivity index is 1.69. The van der Waals surface area contributed by atoms with Gasteiger partial charge in [0, 0.05) is 39.6 Å². The molecule has 7 heteroatoms. The van der Waals surface area contributed by atoms with Crippen LogP contribution >= 0.6 is 0 Å². The van der Waals surface area contributed by atoms with Gasteiger partial charge in [0.05, 0.1) is 16.9 Å². The molecular formula is C20H22FN3O3. The van der Waals surface area contributed by atoms with Crippen LogP contribution < -0.4 is 10.2 Å². The third-order valence-electron chi connectivity index (χ3n) is 4.56. The lowest BCUT2D eigenvalue weighted by atomic mass is 10.1. The summed E-state index contributed by atoms with van der Waals surface area (Å²) >= 11 is 0.